The summed E-state index contributed by atoms with van der Waals surface area (Å²) in [5.74, 6) is -1.48. The van der Waals surface area contributed by atoms with Crippen LogP contribution in [0.2, 0.25) is 0 Å². The summed E-state index contributed by atoms with van der Waals surface area (Å²) in [6.45, 7) is 4.69. The average molecular weight is 819 g/mol. The highest BCUT2D eigenvalue weighted by Crippen LogP contribution is 2.14. The van der Waals surface area contributed by atoms with Crippen LogP contribution < -0.4 is 0 Å². The van der Waals surface area contributed by atoms with Crippen molar-refractivity contribution < 1.29 is 38.2 Å². The van der Waals surface area contributed by atoms with Crippen molar-refractivity contribution in [3.63, 3.8) is 0 Å². The summed E-state index contributed by atoms with van der Waals surface area (Å²) in [4.78, 5) is 37.0. The molecular formula is C50H92NO7+. The summed E-state index contributed by atoms with van der Waals surface area (Å²) in [7, 11) is 5.52. The van der Waals surface area contributed by atoms with Gasteiger partial charge in [0.1, 0.15) is 6.61 Å². The fraction of sp³-hybridized carbons (Fsp3) is 0.820. The smallest absolute Gasteiger partial charge is 0.362 e. The zero-order valence-electron chi connectivity index (χ0n) is 38.5. The van der Waals surface area contributed by atoms with E-state index in [1.165, 1.54) is 116 Å². The van der Waals surface area contributed by atoms with Crippen molar-refractivity contribution >= 4 is 17.9 Å². The Morgan fingerprint density at radius 3 is 1.40 bits per heavy atom. The number of aliphatic carboxylic acids is 1. The molecule has 0 bridgehead atoms. The van der Waals surface area contributed by atoms with Crippen molar-refractivity contribution in [2.24, 2.45) is 0 Å². The van der Waals surface area contributed by atoms with Gasteiger partial charge in [-0.2, -0.15) is 0 Å². The molecule has 338 valence electrons. The minimum Gasteiger partial charge on any atom is -0.477 e. The Bertz CT molecular complexity index is 1050. The Labute approximate surface area is 357 Å². The molecule has 8 heteroatoms. The van der Waals surface area contributed by atoms with E-state index in [9.17, 15) is 19.5 Å². The van der Waals surface area contributed by atoms with E-state index >= 15 is 0 Å². The number of hydrogen-bond donors (Lipinski definition) is 1. The van der Waals surface area contributed by atoms with Crippen molar-refractivity contribution in [2.75, 3.05) is 41.0 Å². The van der Waals surface area contributed by atoms with Gasteiger partial charge in [0, 0.05) is 19.3 Å². The van der Waals surface area contributed by atoms with Crippen molar-refractivity contribution in [1.29, 1.82) is 0 Å². The normalized spacial score (nSPS) is 13.2. The van der Waals surface area contributed by atoms with E-state index in [2.05, 4.69) is 50.3 Å². The number of rotatable bonds is 43. The van der Waals surface area contributed by atoms with E-state index < -0.39 is 18.1 Å². The summed E-state index contributed by atoms with van der Waals surface area (Å²) in [6.07, 6.45) is 47.7. The number of carbonyl (C=O) groups is 3. The van der Waals surface area contributed by atoms with Gasteiger partial charge in [-0.25, -0.2) is 4.79 Å². The number of unbranched alkanes of at least 4 members (excludes halogenated alkanes) is 23. The molecule has 0 spiro atoms. The predicted molar refractivity (Wildman–Crippen MR) is 243 cm³/mol. The molecule has 0 aliphatic carbocycles. The third-order valence-electron chi connectivity index (χ3n) is 10.8. The molecule has 0 fully saturated rings. The number of esters is 2. The quantitative estimate of drug-likeness (QED) is 0.0283. The number of carbonyl (C=O) groups excluding carboxylic acids is 2. The Hall–Kier alpha value is -2.45. The van der Waals surface area contributed by atoms with E-state index in [-0.39, 0.29) is 36.2 Å². The molecule has 0 radical (unpaired) electrons. The Kier molecular flexibility index (Phi) is 39.5. The molecule has 0 aliphatic heterocycles. The number of hydrogen-bond acceptors (Lipinski definition) is 6. The van der Waals surface area contributed by atoms with Crippen LogP contribution in [0.3, 0.4) is 0 Å². The number of likely N-dealkylation sites (N-methyl/N-ethyl adjacent to an activating group) is 1. The van der Waals surface area contributed by atoms with Crippen LogP contribution in [0.1, 0.15) is 213 Å². The summed E-state index contributed by atoms with van der Waals surface area (Å²) in [5, 5.41) is 9.62. The molecule has 0 aromatic rings. The molecule has 0 rings (SSSR count). The number of nitrogens with zero attached hydrogens (tertiary/aromatic N) is 1. The number of allylic oxidation sites excluding steroid dienone is 6. The Morgan fingerprint density at radius 2 is 0.931 bits per heavy atom. The van der Waals surface area contributed by atoms with Crippen LogP contribution in [-0.2, 0) is 28.6 Å². The van der Waals surface area contributed by atoms with Crippen LogP contribution in [0.5, 0.6) is 0 Å². The lowest BCUT2D eigenvalue weighted by atomic mass is 10.1. The van der Waals surface area contributed by atoms with Crippen molar-refractivity contribution in [3.8, 4) is 0 Å². The van der Waals surface area contributed by atoms with Gasteiger partial charge in [-0.05, 0) is 64.2 Å². The maximum Gasteiger partial charge on any atom is 0.362 e. The standard InChI is InChI=1S/C50H91NO7/c1-6-8-10-12-14-16-18-19-20-21-22-23-24-25-26-27-28-29-31-33-35-37-39-41-49(53)58-46(44-56-43-42-47(50(54)55)51(3,4)5)45-57-48(52)40-38-36-34-32-30-17-15-13-11-9-7-2/h13,15,22-23,25-26,46-47H,6-12,14,16-21,24,27-45H2,1-5H3/p+1/b15-13+,23-22+,26-25+. The largest absolute Gasteiger partial charge is 0.477 e. The fourth-order valence-corrected chi connectivity index (χ4v) is 6.99. The first-order valence-electron chi connectivity index (χ1n) is 24.0. The molecule has 0 aliphatic rings. The van der Waals surface area contributed by atoms with E-state index in [4.69, 9.17) is 14.2 Å². The highest BCUT2D eigenvalue weighted by Gasteiger charge is 2.31. The van der Waals surface area contributed by atoms with E-state index in [0.717, 1.165) is 64.2 Å². The summed E-state index contributed by atoms with van der Waals surface area (Å²) in [6, 6.07) is -0.616. The lowest BCUT2D eigenvalue weighted by molar-refractivity contribution is -0.887. The molecule has 0 aromatic carbocycles. The second-order valence-electron chi connectivity index (χ2n) is 17.4. The van der Waals surface area contributed by atoms with Crippen LogP contribution in [0.25, 0.3) is 0 Å². The minimum atomic E-state index is -0.877. The Morgan fingerprint density at radius 1 is 0.517 bits per heavy atom. The number of quaternary nitrogens is 1. The number of carboxylic acid groups (broad SMARTS) is 1. The zero-order valence-corrected chi connectivity index (χ0v) is 38.5. The molecule has 0 heterocycles. The molecule has 0 amide bonds. The van der Waals surface area contributed by atoms with Gasteiger partial charge >= 0.3 is 17.9 Å². The first-order chi connectivity index (χ1) is 28.1. The summed E-state index contributed by atoms with van der Waals surface area (Å²) in [5.41, 5.74) is 0. The van der Waals surface area contributed by atoms with Crippen molar-refractivity contribution in [3.05, 3.63) is 36.5 Å². The monoisotopic (exact) mass is 819 g/mol. The number of ether oxygens (including phenoxy) is 3. The first-order valence-corrected chi connectivity index (χ1v) is 24.0. The third kappa shape index (κ3) is 39.0. The zero-order chi connectivity index (χ0) is 42.8. The molecule has 0 saturated carbocycles. The molecule has 1 N–H and O–H groups in total. The summed E-state index contributed by atoms with van der Waals surface area (Å²) < 4.78 is 17.3. The Balaban J connectivity index is 4.24. The molecular weight excluding hydrogens is 727 g/mol. The maximum atomic E-state index is 12.7. The third-order valence-corrected chi connectivity index (χ3v) is 10.8. The lowest BCUT2D eigenvalue weighted by Gasteiger charge is -2.31. The van der Waals surface area contributed by atoms with Crippen LogP contribution in [0, 0.1) is 0 Å². The van der Waals surface area contributed by atoms with Crippen molar-refractivity contribution in [1.82, 2.24) is 0 Å². The van der Waals surface area contributed by atoms with Gasteiger partial charge in [0.25, 0.3) is 0 Å². The van der Waals surface area contributed by atoms with Gasteiger partial charge in [0.05, 0.1) is 34.4 Å². The van der Waals surface area contributed by atoms with Gasteiger partial charge in [-0.3, -0.25) is 9.59 Å². The van der Waals surface area contributed by atoms with Gasteiger partial charge in [0.2, 0.25) is 0 Å². The molecule has 2 unspecified atom stereocenters. The average Bonchev–Trinajstić information content (AvgIpc) is 3.18. The molecule has 0 aromatic heterocycles. The summed E-state index contributed by atoms with van der Waals surface area (Å²) >= 11 is 0. The van der Waals surface area contributed by atoms with Gasteiger partial charge in [0.15, 0.2) is 12.1 Å². The SMILES string of the molecule is CCCC/C=C/CCCCCCCC(=O)OCC(COCCC(C(=O)O)[N+](C)(C)C)OC(=O)CCCCCCCCC/C=C/C/C=C/CCCCCCCCCCC. The maximum absolute atomic E-state index is 12.7. The fourth-order valence-electron chi connectivity index (χ4n) is 6.99. The molecule has 58 heavy (non-hydrogen) atoms. The topological polar surface area (TPSA) is 99.1 Å². The second-order valence-corrected chi connectivity index (χ2v) is 17.4. The molecule has 2 atom stereocenters. The molecule has 0 saturated heterocycles. The van der Waals surface area contributed by atoms with Crippen LogP contribution >= 0.6 is 0 Å². The second kappa shape index (κ2) is 41.3. The van der Waals surface area contributed by atoms with E-state index in [0.29, 0.717) is 19.3 Å². The van der Waals surface area contributed by atoms with Crippen molar-refractivity contribution in [2.45, 2.75) is 225 Å². The highest BCUT2D eigenvalue weighted by molar-refractivity contribution is 5.72. The van der Waals surface area contributed by atoms with Crippen LogP contribution in [-0.4, -0.2) is 80.6 Å². The van der Waals surface area contributed by atoms with E-state index in [1.54, 1.807) is 0 Å². The van der Waals surface area contributed by atoms with Gasteiger partial charge in [-0.15, -0.1) is 0 Å². The van der Waals surface area contributed by atoms with Gasteiger partial charge < -0.3 is 23.8 Å². The van der Waals surface area contributed by atoms with E-state index in [1.807, 2.05) is 21.1 Å². The van der Waals surface area contributed by atoms with Crippen LogP contribution in [0.15, 0.2) is 36.5 Å². The number of carboxylic acids is 1. The van der Waals surface area contributed by atoms with Crippen LogP contribution in [0.4, 0.5) is 0 Å². The minimum absolute atomic E-state index is 0.0562. The predicted octanol–water partition coefficient (Wildman–Crippen LogP) is 13.4. The highest BCUT2D eigenvalue weighted by atomic mass is 16.6. The molecule has 8 nitrogen and oxygen atoms in total. The lowest BCUT2D eigenvalue weighted by Crippen LogP contribution is -2.50. The first kappa shape index (κ1) is 55.5. The van der Waals surface area contributed by atoms with Gasteiger partial charge in [-0.1, -0.05) is 166 Å².